The van der Waals surface area contributed by atoms with Crippen LogP contribution in [0.5, 0.6) is 0 Å². The van der Waals surface area contributed by atoms with Gasteiger partial charge in [0.05, 0.1) is 13.1 Å². The molecular weight excluding hydrogens is 104 g/mol. The van der Waals surface area contributed by atoms with Crippen molar-refractivity contribution < 1.29 is 5.32 Å². The summed E-state index contributed by atoms with van der Waals surface area (Å²) < 4.78 is 0. The molecule has 1 rings (SSSR count). The van der Waals surface area contributed by atoms with Crippen molar-refractivity contribution >= 4 is 0 Å². The van der Waals surface area contributed by atoms with E-state index in [-0.39, 0.29) is 0 Å². The zero-order valence-corrected chi connectivity index (χ0v) is 4.75. The first-order chi connectivity index (χ1) is 3.91. The number of quaternary nitrogens is 1. The predicted molar refractivity (Wildman–Crippen MR) is 31.0 cm³/mol. The maximum atomic E-state index is 6.75. The fourth-order valence-corrected chi connectivity index (χ4v) is 0.722. The van der Waals surface area contributed by atoms with Crippen LogP contribution in [-0.2, 0) is 0 Å². The average Bonchev–Trinajstić information content (AvgIpc) is 2.17. The molecule has 0 unspecified atom stereocenters. The molecule has 0 aliphatic carbocycles. The summed E-state index contributed by atoms with van der Waals surface area (Å²) in [6, 6.07) is 0. The Kier molecular flexibility index (Phi) is 5.70. The van der Waals surface area contributed by atoms with Crippen molar-refractivity contribution in [3.05, 3.63) is 16.0 Å². The molecule has 1 saturated heterocycles. The molecule has 1 aliphatic rings. The number of hydrogen-bond donors (Lipinski definition) is 1. The van der Waals surface area contributed by atoms with Gasteiger partial charge in [-0.1, -0.05) is 0 Å². The summed E-state index contributed by atoms with van der Waals surface area (Å²) in [6.07, 6.45) is 2.89. The number of hydrogen-bond acceptors (Lipinski definition) is 0. The molecule has 0 saturated carbocycles. The van der Waals surface area contributed by atoms with Gasteiger partial charge in [0, 0.05) is 12.8 Å². The average molecular weight is 114 g/mol. The number of rotatable bonds is 0. The molecule has 1 heterocycles. The van der Waals surface area contributed by atoms with E-state index in [9.17, 15) is 0 Å². The molecule has 1 fully saturated rings. The molecule has 0 aromatic heterocycles. The van der Waals surface area contributed by atoms with Crippen LogP contribution in [0.4, 0.5) is 0 Å². The van der Waals surface area contributed by atoms with Crippen molar-refractivity contribution in [1.29, 1.82) is 0 Å². The Balaban J connectivity index is 0.000000145. The third-order valence-corrected chi connectivity index (χ3v) is 1.07. The Morgan fingerprint density at radius 3 is 1.62 bits per heavy atom. The zero-order valence-electron chi connectivity index (χ0n) is 4.75. The first-order valence-electron chi connectivity index (χ1n) is 2.72. The molecule has 1 aliphatic heterocycles. The van der Waals surface area contributed by atoms with Gasteiger partial charge in [0.1, 0.15) is 0 Å². The minimum atomic E-state index is 1.38. The second-order valence-corrected chi connectivity index (χ2v) is 1.66. The molecule has 0 aromatic rings. The van der Waals surface area contributed by atoms with Gasteiger partial charge >= 0.3 is 0 Å². The van der Waals surface area contributed by atoms with Crippen LogP contribution >= 0.6 is 0 Å². The predicted octanol–water partition coefficient (Wildman–Crippen LogP) is 0.210. The molecule has 0 radical (unpaired) electrons. The van der Waals surface area contributed by atoms with E-state index in [0.29, 0.717) is 0 Å². The highest BCUT2D eigenvalue weighted by Gasteiger charge is 1.97. The minimum absolute atomic E-state index is 1.38. The molecule has 8 heavy (non-hydrogen) atoms. The lowest BCUT2D eigenvalue weighted by Gasteiger charge is -1.73. The van der Waals surface area contributed by atoms with Crippen LogP contribution in [0, 0.1) is 0 Å². The lowest BCUT2D eigenvalue weighted by atomic mass is 10.4. The van der Waals surface area contributed by atoms with Gasteiger partial charge in [0.2, 0.25) is 0 Å². The fraction of sp³-hybridized carbons (Fsp3) is 1.00. The van der Waals surface area contributed by atoms with Gasteiger partial charge in [-0.05, 0) is 0 Å². The van der Waals surface area contributed by atoms with E-state index in [0.717, 1.165) is 0 Å². The van der Waals surface area contributed by atoms with E-state index in [1.807, 2.05) is 0 Å². The van der Waals surface area contributed by atoms with Crippen LogP contribution in [0.2, 0.25) is 0 Å². The summed E-state index contributed by atoms with van der Waals surface area (Å²) in [5.74, 6) is 0. The smallest absolute Gasteiger partial charge is 0.0757 e. The molecule has 0 spiro atoms. The summed E-state index contributed by atoms with van der Waals surface area (Å²) in [7, 11) is 0. The van der Waals surface area contributed by atoms with Gasteiger partial charge in [-0.25, -0.2) is 0 Å². The number of nitrogens with two attached hydrogens (primary N) is 1. The third kappa shape index (κ3) is 5.27. The Morgan fingerprint density at radius 2 is 1.50 bits per heavy atom. The largest absolute Gasteiger partial charge is 0.373 e. The van der Waals surface area contributed by atoms with E-state index in [1.54, 1.807) is 0 Å². The van der Waals surface area contributed by atoms with Gasteiger partial charge in [0.15, 0.2) is 0 Å². The molecule has 0 aromatic carbocycles. The zero-order chi connectivity index (χ0) is 6.24. The number of nitrogens with zero attached hydrogens (tertiary/aromatic N) is 3. The summed E-state index contributed by atoms with van der Waals surface area (Å²) >= 11 is 0. The van der Waals surface area contributed by atoms with Gasteiger partial charge in [0.25, 0.3) is 0 Å². The molecule has 46 valence electrons. The first kappa shape index (κ1) is 7.27. The van der Waals surface area contributed by atoms with Crippen LogP contribution in [0.25, 0.3) is 16.0 Å². The minimum Gasteiger partial charge on any atom is -0.373 e. The van der Waals surface area contributed by atoms with Crippen molar-refractivity contribution in [2.24, 2.45) is 0 Å². The normalized spacial score (nSPS) is 16.0. The second kappa shape index (κ2) is 6.27. The van der Waals surface area contributed by atoms with Gasteiger partial charge < -0.3 is 16.4 Å². The monoisotopic (exact) mass is 114 g/mol. The molecule has 4 heteroatoms. The van der Waals surface area contributed by atoms with Crippen molar-refractivity contribution in [3.8, 4) is 0 Å². The van der Waals surface area contributed by atoms with Gasteiger partial charge in [-0.3, -0.25) is 4.91 Å². The van der Waals surface area contributed by atoms with Gasteiger partial charge in [-0.15, -0.1) is 0 Å². The van der Waals surface area contributed by atoms with Crippen LogP contribution in [-0.4, -0.2) is 13.1 Å². The Labute approximate surface area is 48.3 Å². The summed E-state index contributed by atoms with van der Waals surface area (Å²) in [5, 5.41) is 2.36. The SMILES string of the molecule is C1CC[NH2+]C1.[N-]=[N+]=[N-]. The highest BCUT2D eigenvalue weighted by Crippen LogP contribution is 1.82. The van der Waals surface area contributed by atoms with E-state index < -0.39 is 0 Å². The van der Waals surface area contributed by atoms with Crippen molar-refractivity contribution in [2.75, 3.05) is 13.1 Å². The molecular formula is C4H10N4. The Bertz CT molecular complexity index is 62.5. The van der Waals surface area contributed by atoms with Crippen LogP contribution < -0.4 is 5.32 Å². The quantitative estimate of drug-likeness (QED) is 0.265. The maximum Gasteiger partial charge on any atom is 0.0757 e. The summed E-state index contributed by atoms with van der Waals surface area (Å²) in [4.78, 5) is 1.50. The highest BCUT2D eigenvalue weighted by molar-refractivity contribution is 4.37. The Morgan fingerprint density at radius 1 is 1.12 bits per heavy atom. The molecule has 4 nitrogen and oxygen atoms in total. The topological polar surface area (TPSA) is 75.3 Å². The molecule has 0 atom stereocenters. The standard InChI is InChI=1S/C4H9N.N3/c1-2-4-5-3-1;1-3-2/h5H,1-4H2;/q;-1/p+1. The van der Waals surface area contributed by atoms with E-state index in [1.165, 1.54) is 30.8 Å². The lowest BCUT2D eigenvalue weighted by molar-refractivity contribution is -0.635. The van der Waals surface area contributed by atoms with Crippen LogP contribution in [0.1, 0.15) is 12.8 Å². The maximum absolute atomic E-state index is 6.75. The van der Waals surface area contributed by atoms with Crippen LogP contribution in [0.3, 0.4) is 0 Å². The molecule has 2 N–H and O–H groups in total. The Hall–Kier alpha value is -0.730. The van der Waals surface area contributed by atoms with Crippen molar-refractivity contribution in [2.45, 2.75) is 12.8 Å². The second-order valence-electron chi connectivity index (χ2n) is 1.66. The van der Waals surface area contributed by atoms with E-state index >= 15 is 0 Å². The summed E-state index contributed by atoms with van der Waals surface area (Å²) in [6.45, 7) is 2.75. The summed E-state index contributed by atoms with van der Waals surface area (Å²) in [5.41, 5.74) is 13.5. The van der Waals surface area contributed by atoms with Crippen molar-refractivity contribution in [1.82, 2.24) is 0 Å². The van der Waals surface area contributed by atoms with E-state index in [2.05, 4.69) is 5.32 Å². The fourth-order valence-electron chi connectivity index (χ4n) is 0.722. The third-order valence-electron chi connectivity index (χ3n) is 1.07. The van der Waals surface area contributed by atoms with Crippen molar-refractivity contribution in [3.63, 3.8) is 0 Å². The van der Waals surface area contributed by atoms with Gasteiger partial charge in [-0.2, -0.15) is 0 Å². The van der Waals surface area contributed by atoms with Crippen LogP contribution in [0.15, 0.2) is 0 Å². The van der Waals surface area contributed by atoms with E-state index in [4.69, 9.17) is 11.1 Å². The lowest BCUT2D eigenvalue weighted by Crippen LogP contribution is -2.80. The molecule has 0 amide bonds. The molecule has 0 bridgehead atoms. The highest BCUT2D eigenvalue weighted by atomic mass is 15.0. The first-order valence-corrected chi connectivity index (χ1v) is 2.72.